The van der Waals surface area contributed by atoms with E-state index in [0.717, 1.165) is 49.2 Å². The number of hydrogen-bond donors (Lipinski definition) is 3. The smallest absolute Gasteiger partial charge is 0.300 e. The Balaban J connectivity index is 0.000000535. The zero-order valence-corrected chi connectivity index (χ0v) is 18.6. The highest BCUT2D eigenvalue weighted by Gasteiger charge is 2.47. The number of benzene rings is 1. The van der Waals surface area contributed by atoms with Gasteiger partial charge >= 0.3 is 0 Å². The lowest BCUT2D eigenvalue weighted by Gasteiger charge is -2.44. The number of rotatable bonds is 4. The molecule has 2 aromatic rings. The normalized spacial score (nSPS) is 26.0. The minimum absolute atomic E-state index is 0.394. The molecule has 1 saturated carbocycles. The molecule has 1 aromatic carbocycles. The van der Waals surface area contributed by atoms with Crippen LogP contribution in [0.4, 0.5) is 11.9 Å². The van der Waals surface area contributed by atoms with Crippen LogP contribution in [0.25, 0.3) is 0 Å². The molecule has 2 saturated heterocycles. The maximum atomic E-state index is 9.00. The highest BCUT2D eigenvalue weighted by molar-refractivity contribution is 6.30. The van der Waals surface area contributed by atoms with Crippen LogP contribution in [-0.2, 0) is 11.2 Å². The van der Waals surface area contributed by atoms with Crippen molar-refractivity contribution in [2.75, 3.05) is 30.3 Å². The minimum Gasteiger partial charge on any atom is -0.481 e. The van der Waals surface area contributed by atoms with E-state index >= 15 is 0 Å². The Bertz CT molecular complexity index is 876. The number of halogens is 1. The van der Waals surface area contributed by atoms with Gasteiger partial charge in [-0.25, -0.2) is 5.10 Å². The van der Waals surface area contributed by atoms with E-state index in [1.54, 1.807) is 0 Å². The van der Waals surface area contributed by atoms with Crippen LogP contribution in [0.15, 0.2) is 24.3 Å². The summed E-state index contributed by atoms with van der Waals surface area (Å²) in [4.78, 5) is 18.4. The van der Waals surface area contributed by atoms with Gasteiger partial charge in [0.15, 0.2) is 0 Å². The monoisotopic (exact) mass is 446 g/mol. The molecular weight excluding hydrogens is 416 g/mol. The number of fused-ring (bicyclic) bond motifs is 1. The van der Waals surface area contributed by atoms with Gasteiger partial charge in [0.05, 0.1) is 0 Å². The first-order valence-corrected chi connectivity index (χ1v) is 11.4. The van der Waals surface area contributed by atoms with Crippen LogP contribution >= 0.6 is 11.6 Å². The minimum atomic E-state index is -0.833. The van der Waals surface area contributed by atoms with Crippen molar-refractivity contribution in [1.29, 1.82) is 0 Å². The Morgan fingerprint density at radius 1 is 1.23 bits per heavy atom. The summed E-state index contributed by atoms with van der Waals surface area (Å²) in [6, 6.07) is 9.74. The zero-order chi connectivity index (χ0) is 22.0. The Morgan fingerprint density at radius 2 is 1.90 bits per heavy atom. The zero-order valence-electron chi connectivity index (χ0n) is 17.9. The van der Waals surface area contributed by atoms with Crippen molar-refractivity contribution in [3.05, 3.63) is 34.9 Å². The van der Waals surface area contributed by atoms with Gasteiger partial charge in [0.25, 0.3) is 5.97 Å². The fourth-order valence-electron chi connectivity index (χ4n) is 5.07. The Labute approximate surface area is 187 Å². The number of likely N-dealkylation sites (tertiary alicyclic amines) is 1. The highest BCUT2D eigenvalue weighted by Crippen LogP contribution is 2.48. The molecule has 1 aliphatic carbocycles. The first-order valence-electron chi connectivity index (χ1n) is 11.0. The van der Waals surface area contributed by atoms with E-state index in [0.29, 0.717) is 18.0 Å². The number of aliphatic carboxylic acids is 1. The number of nitrogen functional groups attached to an aromatic ring is 1. The van der Waals surface area contributed by atoms with Crippen molar-refractivity contribution in [3.8, 4) is 0 Å². The largest absolute Gasteiger partial charge is 0.481 e. The lowest BCUT2D eigenvalue weighted by molar-refractivity contribution is -0.134. The second-order valence-electron chi connectivity index (χ2n) is 8.93. The number of aromatic nitrogens is 3. The lowest BCUT2D eigenvalue weighted by Crippen LogP contribution is -2.52. The molecular formula is C22H31ClN6O2. The van der Waals surface area contributed by atoms with Crippen molar-refractivity contribution < 1.29 is 9.90 Å². The SMILES string of the molecule is CC(=O)O.Nc1nc(N2CCC(N3CC4CC4C[C@@H]3Cc3ccc(Cl)cc3)CC2)n[nH]1. The molecule has 2 unspecified atom stereocenters. The molecule has 8 nitrogen and oxygen atoms in total. The van der Waals surface area contributed by atoms with Crippen molar-refractivity contribution in [2.45, 2.75) is 51.1 Å². The molecule has 3 aliphatic rings. The van der Waals surface area contributed by atoms with Crippen molar-refractivity contribution >= 4 is 29.5 Å². The third-order valence-electron chi connectivity index (χ3n) is 6.65. The molecule has 3 heterocycles. The lowest BCUT2D eigenvalue weighted by atomic mass is 9.91. The van der Waals surface area contributed by atoms with E-state index in [1.807, 2.05) is 12.1 Å². The van der Waals surface area contributed by atoms with Gasteiger partial charge in [-0.05, 0) is 61.6 Å². The van der Waals surface area contributed by atoms with Crippen LogP contribution in [-0.4, -0.2) is 62.9 Å². The summed E-state index contributed by atoms with van der Waals surface area (Å²) in [5.41, 5.74) is 7.08. The summed E-state index contributed by atoms with van der Waals surface area (Å²) in [5, 5.41) is 15.2. The molecule has 3 atom stereocenters. The number of carboxylic acid groups (broad SMARTS) is 1. The third-order valence-corrected chi connectivity index (χ3v) is 6.90. The fourth-order valence-corrected chi connectivity index (χ4v) is 5.20. The van der Waals surface area contributed by atoms with Crippen LogP contribution in [0.2, 0.25) is 5.02 Å². The predicted molar refractivity (Wildman–Crippen MR) is 121 cm³/mol. The van der Waals surface area contributed by atoms with Crippen molar-refractivity contribution in [1.82, 2.24) is 20.1 Å². The standard InChI is InChI=1S/C20H27ClN6.C2H4O2/c21-16-3-1-13(2-4-16)9-18-11-14-10-15(14)12-27(18)17-5-7-26(8-6-17)20-23-19(22)24-25-20;1-2(3)4/h1-4,14-15,17-18H,5-12H2,(H3,22,23,24,25);1H3,(H,3,4)/t14?,15?,18-;/m0./s1. The van der Waals surface area contributed by atoms with Gasteiger partial charge in [0, 0.05) is 43.7 Å². The Morgan fingerprint density at radius 3 is 2.52 bits per heavy atom. The summed E-state index contributed by atoms with van der Waals surface area (Å²) in [6.45, 7) is 4.36. The van der Waals surface area contributed by atoms with E-state index in [2.05, 4.69) is 37.1 Å². The number of nitrogens with one attached hydrogen (secondary N) is 1. The van der Waals surface area contributed by atoms with Crippen LogP contribution in [0.5, 0.6) is 0 Å². The first kappa shape index (κ1) is 21.9. The van der Waals surface area contributed by atoms with Crippen molar-refractivity contribution in [3.63, 3.8) is 0 Å². The van der Waals surface area contributed by atoms with Gasteiger partial charge < -0.3 is 15.7 Å². The summed E-state index contributed by atoms with van der Waals surface area (Å²) in [6.07, 6.45) is 6.26. The number of carboxylic acids is 1. The predicted octanol–water partition coefficient (Wildman–Crippen LogP) is 3.05. The molecule has 168 valence electrons. The van der Waals surface area contributed by atoms with E-state index in [1.165, 1.54) is 37.8 Å². The molecule has 1 aromatic heterocycles. The molecule has 4 N–H and O–H groups in total. The van der Waals surface area contributed by atoms with Gasteiger partial charge in [0.2, 0.25) is 11.9 Å². The van der Waals surface area contributed by atoms with Crippen molar-refractivity contribution in [2.24, 2.45) is 11.8 Å². The Hall–Kier alpha value is -2.32. The maximum Gasteiger partial charge on any atom is 0.300 e. The van der Waals surface area contributed by atoms with Gasteiger partial charge in [-0.2, -0.15) is 4.98 Å². The number of hydrogen-bond acceptors (Lipinski definition) is 6. The summed E-state index contributed by atoms with van der Waals surface area (Å²) in [7, 11) is 0. The molecule has 2 aliphatic heterocycles. The number of aromatic amines is 1. The highest BCUT2D eigenvalue weighted by atomic mass is 35.5. The number of H-pyrrole nitrogens is 1. The number of anilines is 2. The van der Waals surface area contributed by atoms with Gasteiger partial charge in [0.1, 0.15) is 0 Å². The van der Waals surface area contributed by atoms with E-state index < -0.39 is 5.97 Å². The average Bonchev–Trinajstić information content (AvgIpc) is 3.37. The summed E-state index contributed by atoms with van der Waals surface area (Å²) >= 11 is 6.07. The topological polar surface area (TPSA) is 111 Å². The molecule has 0 bridgehead atoms. The van der Waals surface area contributed by atoms with E-state index in [9.17, 15) is 0 Å². The molecule has 0 amide bonds. The van der Waals surface area contributed by atoms with Crippen LogP contribution in [0, 0.1) is 11.8 Å². The molecule has 9 heteroatoms. The first-order chi connectivity index (χ1) is 14.9. The Kier molecular flexibility index (Phi) is 6.67. The molecule has 31 heavy (non-hydrogen) atoms. The molecule has 5 rings (SSSR count). The second kappa shape index (κ2) is 9.44. The van der Waals surface area contributed by atoms with Gasteiger partial charge in [-0.15, -0.1) is 5.10 Å². The number of carbonyl (C=O) groups is 1. The summed E-state index contributed by atoms with van der Waals surface area (Å²) < 4.78 is 0. The van der Waals surface area contributed by atoms with Crippen LogP contribution in [0.1, 0.15) is 38.2 Å². The third kappa shape index (κ3) is 5.68. The second-order valence-corrected chi connectivity index (χ2v) is 9.37. The van der Waals surface area contributed by atoms with Crippen LogP contribution in [0.3, 0.4) is 0 Å². The number of piperidine rings is 2. The molecule has 3 fully saturated rings. The fraction of sp³-hybridized carbons (Fsp3) is 0.591. The van der Waals surface area contributed by atoms with E-state index in [4.69, 9.17) is 27.2 Å². The van der Waals surface area contributed by atoms with Crippen LogP contribution < -0.4 is 10.6 Å². The quantitative estimate of drug-likeness (QED) is 0.661. The van der Waals surface area contributed by atoms with Gasteiger partial charge in [-0.3, -0.25) is 9.69 Å². The molecule has 0 radical (unpaired) electrons. The maximum absolute atomic E-state index is 9.00. The summed E-state index contributed by atoms with van der Waals surface area (Å²) in [5.74, 6) is 2.21. The van der Waals surface area contributed by atoms with Gasteiger partial charge in [-0.1, -0.05) is 23.7 Å². The van der Waals surface area contributed by atoms with E-state index in [-0.39, 0.29) is 0 Å². The average molecular weight is 447 g/mol. The number of nitrogens with two attached hydrogens (primary N) is 1. The molecule has 0 spiro atoms. The number of nitrogens with zero attached hydrogens (tertiary/aromatic N) is 4.